The van der Waals surface area contributed by atoms with Crippen LogP contribution in [-0.4, -0.2) is 33.1 Å². The third-order valence-electron chi connectivity index (χ3n) is 4.97. The van der Waals surface area contributed by atoms with Gasteiger partial charge >= 0.3 is 11.8 Å². The number of aromatic nitrogens is 3. The molecule has 2 aliphatic carbocycles. The van der Waals surface area contributed by atoms with Crippen molar-refractivity contribution in [3.8, 4) is 5.69 Å². The maximum Gasteiger partial charge on any atom is 0.313 e. The molecule has 128 valence electrons. The first-order valence-electron chi connectivity index (χ1n) is 8.41. The maximum atomic E-state index is 12.1. The summed E-state index contributed by atoms with van der Waals surface area (Å²) in [6.45, 7) is 0.554. The zero-order chi connectivity index (χ0) is 17.2. The largest absolute Gasteiger partial charge is 0.348 e. The number of nitrogens with one attached hydrogen (secondary N) is 2. The van der Waals surface area contributed by atoms with Crippen LogP contribution in [0.15, 0.2) is 49.1 Å². The van der Waals surface area contributed by atoms with Crippen LogP contribution in [0.5, 0.6) is 0 Å². The summed E-state index contributed by atoms with van der Waals surface area (Å²) in [6, 6.07) is 7.15. The molecule has 2 bridgehead atoms. The first-order chi connectivity index (χ1) is 12.2. The number of carbonyl (C=O) groups is 2. The highest BCUT2D eigenvalue weighted by atomic mass is 16.2. The second kappa shape index (κ2) is 6.51. The Balaban J connectivity index is 1.33. The van der Waals surface area contributed by atoms with E-state index in [1.54, 1.807) is 35.4 Å². The second-order valence-corrected chi connectivity index (χ2v) is 6.62. The monoisotopic (exact) mass is 337 g/mol. The van der Waals surface area contributed by atoms with Gasteiger partial charge in [0.05, 0.1) is 5.69 Å². The van der Waals surface area contributed by atoms with Gasteiger partial charge in [0.15, 0.2) is 0 Å². The topological polar surface area (TPSA) is 88.9 Å². The fourth-order valence-corrected chi connectivity index (χ4v) is 3.70. The summed E-state index contributed by atoms with van der Waals surface area (Å²) in [5, 5.41) is 12.9. The van der Waals surface area contributed by atoms with Crippen molar-refractivity contribution in [2.75, 3.05) is 11.9 Å². The third kappa shape index (κ3) is 3.31. The van der Waals surface area contributed by atoms with E-state index in [-0.39, 0.29) is 0 Å². The maximum absolute atomic E-state index is 12.1. The third-order valence-corrected chi connectivity index (χ3v) is 4.97. The highest BCUT2D eigenvalue weighted by molar-refractivity contribution is 6.39. The molecule has 2 amide bonds. The van der Waals surface area contributed by atoms with Gasteiger partial charge in [-0.25, -0.2) is 0 Å². The minimum absolute atomic E-state index is 0.448. The van der Waals surface area contributed by atoms with Crippen LogP contribution in [0.2, 0.25) is 0 Å². The molecule has 3 atom stereocenters. The Morgan fingerprint density at radius 1 is 1.12 bits per heavy atom. The van der Waals surface area contributed by atoms with E-state index >= 15 is 0 Å². The van der Waals surface area contributed by atoms with E-state index in [9.17, 15) is 9.59 Å². The van der Waals surface area contributed by atoms with Crippen LogP contribution in [0.3, 0.4) is 0 Å². The molecule has 1 aromatic heterocycles. The van der Waals surface area contributed by atoms with E-state index < -0.39 is 11.8 Å². The summed E-state index contributed by atoms with van der Waals surface area (Å²) in [7, 11) is 0. The molecule has 1 heterocycles. The molecule has 0 spiro atoms. The van der Waals surface area contributed by atoms with Crippen LogP contribution in [-0.2, 0) is 9.59 Å². The van der Waals surface area contributed by atoms with E-state index in [4.69, 9.17) is 0 Å². The molecule has 7 heteroatoms. The Morgan fingerprint density at radius 2 is 1.96 bits per heavy atom. The van der Waals surface area contributed by atoms with Gasteiger partial charge in [0.25, 0.3) is 0 Å². The molecule has 0 aliphatic heterocycles. The van der Waals surface area contributed by atoms with Crippen molar-refractivity contribution in [1.82, 2.24) is 20.1 Å². The molecule has 7 nitrogen and oxygen atoms in total. The van der Waals surface area contributed by atoms with E-state index in [0.29, 0.717) is 30.0 Å². The summed E-state index contributed by atoms with van der Waals surface area (Å²) >= 11 is 0. The molecule has 2 aliphatic rings. The van der Waals surface area contributed by atoms with E-state index in [0.717, 1.165) is 12.1 Å². The Kier molecular flexibility index (Phi) is 4.05. The molecule has 1 aromatic carbocycles. The van der Waals surface area contributed by atoms with Gasteiger partial charge in [-0.15, -0.1) is 10.2 Å². The number of amides is 2. The van der Waals surface area contributed by atoms with Crippen molar-refractivity contribution in [1.29, 1.82) is 0 Å². The Labute approximate surface area is 145 Å². The fraction of sp³-hybridized carbons (Fsp3) is 0.333. The lowest BCUT2D eigenvalue weighted by atomic mass is 9.94. The zero-order valence-electron chi connectivity index (χ0n) is 13.6. The van der Waals surface area contributed by atoms with Gasteiger partial charge in [0, 0.05) is 12.2 Å². The van der Waals surface area contributed by atoms with Crippen LogP contribution in [0.4, 0.5) is 5.69 Å². The van der Waals surface area contributed by atoms with Gasteiger partial charge in [-0.2, -0.15) is 0 Å². The lowest BCUT2D eigenvalue weighted by molar-refractivity contribution is -0.136. The molecule has 1 saturated carbocycles. The van der Waals surface area contributed by atoms with Gasteiger partial charge < -0.3 is 10.6 Å². The van der Waals surface area contributed by atoms with Crippen LogP contribution in [0.1, 0.15) is 12.8 Å². The molecule has 25 heavy (non-hydrogen) atoms. The number of fused-ring (bicyclic) bond motifs is 2. The molecular weight excluding hydrogens is 318 g/mol. The summed E-state index contributed by atoms with van der Waals surface area (Å²) in [5.74, 6) is 0.403. The SMILES string of the molecule is O=C(NC[C@H]1C[C@H]2C=C[C@H]1C2)C(=O)Nc1cccc(-n2cnnc2)c1. The van der Waals surface area contributed by atoms with Crippen molar-refractivity contribution < 1.29 is 9.59 Å². The number of benzene rings is 1. The number of allylic oxidation sites excluding steroid dienone is 2. The summed E-state index contributed by atoms with van der Waals surface area (Å²) in [6.07, 6.45) is 9.92. The summed E-state index contributed by atoms with van der Waals surface area (Å²) < 4.78 is 1.72. The Morgan fingerprint density at radius 3 is 2.68 bits per heavy atom. The van der Waals surface area contributed by atoms with E-state index in [1.807, 2.05) is 6.07 Å². The van der Waals surface area contributed by atoms with Gasteiger partial charge in [-0.1, -0.05) is 18.2 Å². The zero-order valence-corrected chi connectivity index (χ0v) is 13.6. The normalized spacial score (nSPS) is 23.6. The summed E-state index contributed by atoms with van der Waals surface area (Å²) in [5.41, 5.74) is 1.35. The van der Waals surface area contributed by atoms with Crippen molar-refractivity contribution in [3.63, 3.8) is 0 Å². The van der Waals surface area contributed by atoms with Crippen molar-refractivity contribution in [3.05, 3.63) is 49.1 Å². The van der Waals surface area contributed by atoms with Crippen molar-refractivity contribution >= 4 is 17.5 Å². The van der Waals surface area contributed by atoms with Crippen LogP contribution >= 0.6 is 0 Å². The molecule has 0 radical (unpaired) electrons. The quantitative estimate of drug-likeness (QED) is 0.654. The fourth-order valence-electron chi connectivity index (χ4n) is 3.70. The second-order valence-electron chi connectivity index (χ2n) is 6.62. The molecule has 1 fully saturated rings. The Bertz CT molecular complexity index is 815. The number of rotatable bonds is 4. The van der Waals surface area contributed by atoms with Gasteiger partial charge in [-0.3, -0.25) is 14.2 Å². The minimum atomic E-state index is -0.653. The first kappa shape index (κ1) is 15.6. The molecule has 2 N–H and O–H groups in total. The minimum Gasteiger partial charge on any atom is -0.348 e. The molecule has 0 unspecified atom stereocenters. The number of carbonyl (C=O) groups excluding carboxylic acids is 2. The number of hydrogen-bond donors (Lipinski definition) is 2. The molecular formula is C18H19N5O2. The van der Waals surface area contributed by atoms with Crippen molar-refractivity contribution in [2.45, 2.75) is 12.8 Å². The van der Waals surface area contributed by atoms with Gasteiger partial charge in [0.2, 0.25) is 0 Å². The highest BCUT2D eigenvalue weighted by Gasteiger charge is 2.35. The van der Waals surface area contributed by atoms with Gasteiger partial charge in [-0.05, 0) is 48.8 Å². The number of hydrogen-bond acceptors (Lipinski definition) is 4. The predicted molar refractivity (Wildman–Crippen MR) is 91.8 cm³/mol. The Hall–Kier alpha value is -2.96. The average molecular weight is 337 g/mol. The van der Waals surface area contributed by atoms with E-state index in [2.05, 4.69) is 33.0 Å². The number of nitrogens with zero attached hydrogens (tertiary/aromatic N) is 3. The van der Waals surface area contributed by atoms with Gasteiger partial charge in [0.1, 0.15) is 12.7 Å². The highest BCUT2D eigenvalue weighted by Crippen LogP contribution is 2.42. The molecule has 2 aromatic rings. The summed E-state index contributed by atoms with van der Waals surface area (Å²) in [4.78, 5) is 24.2. The van der Waals surface area contributed by atoms with E-state index in [1.165, 1.54) is 6.42 Å². The predicted octanol–water partition coefficient (Wildman–Crippen LogP) is 1.53. The first-order valence-corrected chi connectivity index (χ1v) is 8.41. The lowest BCUT2D eigenvalue weighted by Crippen LogP contribution is -2.38. The number of anilines is 1. The smallest absolute Gasteiger partial charge is 0.313 e. The lowest BCUT2D eigenvalue weighted by Gasteiger charge is -2.18. The van der Waals surface area contributed by atoms with Crippen LogP contribution in [0, 0.1) is 17.8 Å². The van der Waals surface area contributed by atoms with Crippen LogP contribution in [0.25, 0.3) is 5.69 Å². The van der Waals surface area contributed by atoms with Crippen molar-refractivity contribution in [2.24, 2.45) is 17.8 Å². The molecule has 4 rings (SSSR count). The molecule has 0 saturated heterocycles. The average Bonchev–Trinajstić information content (AvgIpc) is 3.37. The van der Waals surface area contributed by atoms with Crippen LogP contribution < -0.4 is 10.6 Å². The standard InChI is InChI=1S/C18H19N5O2/c24-17(19-9-14-7-12-4-5-13(14)6-12)18(25)22-15-2-1-3-16(8-15)23-10-20-21-11-23/h1-5,8,10-14H,6-7,9H2,(H,19,24)(H,22,25)/t12-,13-,14+/m0/s1.